The summed E-state index contributed by atoms with van der Waals surface area (Å²) < 4.78 is 0. The summed E-state index contributed by atoms with van der Waals surface area (Å²) in [5.74, 6) is -0.0156. The summed E-state index contributed by atoms with van der Waals surface area (Å²) in [4.78, 5) is 29.6. The molecule has 0 aromatic heterocycles. The number of amides is 2. The number of carbonyl (C=O) groups excluding carboxylic acids is 2. The van der Waals surface area contributed by atoms with E-state index in [2.05, 4.69) is 22.3 Å². The van der Waals surface area contributed by atoms with Gasteiger partial charge in [0.2, 0.25) is 5.91 Å². The fourth-order valence-corrected chi connectivity index (χ4v) is 4.45. The van der Waals surface area contributed by atoms with Gasteiger partial charge in [0.1, 0.15) is 0 Å². The highest BCUT2D eigenvalue weighted by atomic mass is 16.2. The topological polar surface area (TPSA) is 52.7 Å². The van der Waals surface area contributed by atoms with E-state index in [9.17, 15) is 9.59 Å². The fourth-order valence-electron chi connectivity index (χ4n) is 4.45. The molecule has 3 aromatic carbocycles. The molecule has 2 aliphatic heterocycles. The molecule has 2 heterocycles. The Kier molecular flexibility index (Phi) is 3.91. The first-order valence-corrected chi connectivity index (χ1v) is 9.53. The van der Waals surface area contributed by atoms with Gasteiger partial charge in [-0.25, -0.2) is 0 Å². The molecule has 1 N–H and O–H groups in total. The number of nitrogens with one attached hydrogen (secondary N) is 1. The van der Waals surface area contributed by atoms with E-state index in [1.807, 2.05) is 53.4 Å². The number of rotatable bonds is 3. The molecule has 0 saturated heterocycles. The number of anilines is 1. The second-order valence-corrected chi connectivity index (χ2v) is 7.41. The zero-order valence-electron chi connectivity index (χ0n) is 15.7. The van der Waals surface area contributed by atoms with Crippen LogP contribution >= 0.6 is 0 Å². The quantitative estimate of drug-likeness (QED) is 0.770. The van der Waals surface area contributed by atoms with Crippen molar-refractivity contribution in [1.29, 1.82) is 0 Å². The number of nitrogens with zero attached hydrogens (tertiary/aromatic N) is 2. The van der Waals surface area contributed by atoms with Crippen molar-refractivity contribution in [3.63, 3.8) is 0 Å². The van der Waals surface area contributed by atoms with Crippen LogP contribution in [0.15, 0.2) is 60.7 Å². The van der Waals surface area contributed by atoms with Gasteiger partial charge in [0, 0.05) is 24.5 Å². The second-order valence-electron chi connectivity index (χ2n) is 7.41. The van der Waals surface area contributed by atoms with Crippen LogP contribution in [0.5, 0.6) is 0 Å². The molecule has 5 rings (SSSR count). The maximum absolute atomic E-state index is 13.1. The lowest BCUT2D eigenvalue weighted by Gasteiger charge is -2.38. The Hall–Kier alpha value is -3.18. The van der Waals surface area contributed by atoms with Crippen molar-refractivity contribution in [3.05, 3.63) is 77.4 Å². The Morgan fingerprint density at radius 1 is 1.04 bits per heavy atom. The van der Waals surface area contributed by atoms with Crippen LogP contribution < -0.4 is 10.2 Å². The molecule has 0 aliphatic carbocycles. The predicted octanol–water partition coefficient (Wildman–Crippen LogP) is 2.93. The molecule has 0 bridgehead atoms. The van der Waals surface area contributed by atoms with Gasteiger partial charge in [0.15, 0.2) is 0 Å². The molecule has 3 aromatic rings. The Morgan fingerprint density at radius 2 is 1.79 bits per heavy atom. The van der Waals surface area contributed by atoms with E-state index >= 15 is 0 Å². The van der Waals surface area contributed by atoms with E-state index < -0.39 is 0 Å². The van der Waals surface area contributed by atoms with Crippen molar-refractivity contribution in [2.75, 3.05) is 18.6 Å². The van der Waals surface area contributed by atoms with E-state index in [1.54, 1.807) is 7.05 Å². The second kappa shape index (κ2) is 6.46. The van der Waals surface area contributed by atoms with Crippen molar-refractivity contribution >= 4 is 28.3 Å². The molecule has 28 heavy (non-hydrogen) atoms. The minimum Gasteiger partial charge on any atom is -0.358 e. The van der Waals surface area contributed by atoms with Gasteiger partial charge in [0.05, 0.1) is 18.4 Å². The Bertz CT molecular complexity index is 1100. The Morgan fingerprint density at radius 3 is 2.57 bits per heavy atom. The number of hydrogen-bond donors (Lipinski definition) is 1. The molecule has 2 aliphatic rings. The van der Waals surface area contributed by atoms with Crippen molar-refractivity contribution in [2.24, 2.45) is 0 Å². The molecule has 1 atom stereocenters. The van der Waals surface area contributed by atoms with Gasteiger partial charge in [-0.2, -0.15) is 0 Å². The van der Waals surface area contributed by atoms with Gasteiger partial charge >= 0.3 is 0 Å². The van der Waals surface area contributed by atoms with Gasteiger partial charge < -0.3 is 5.32 Å². The van der Waals surface area contributed by atoms with E-state index in [4.69, 9.17) is 0 Å². The number of hydrogen-bond acceptors (Lipinski definition) is 3. The lowest BCUT2D eigenvalue weighted by atomic mass is 9.94. The number of fused-ring (bicyclic) bond motifs is 1. The van der Waals surface area contributed by atoms with E-state index in [0.29, 0.717) is 19.6 Å². The molecule has 5 nitrogen and oxygen atoms in total. The largest absolute Gasteiger partial charge is 0.358 e. The van der Waals surface area contributed by atoms with Crippen molar-refractivity contribution in [2.45, 2.75) is 19.0 Å². The van der Waals surface area contributed by atoms with Crippen LogP contribution in [0.3, 0.4) is 0 Å². The average molecular weight is 371 g/mol. The van der Waals surface area contributed by atoms with Crippen LogP contribution in [0.1, 0.15) is 21.5 Å². The van der Waals surface area contributed by atoms with Crippen LogP contribution in [-0.4, -0.2) is 36.5 Å². The highest BCUT2D eigenvalue weighted by Crippen LogP contribution is 2.38. The van der Waals surface area contributed by atoms with Gasteiger partial charge in [-0.05, 0) is 35.1 Å². The van der Waals surface area contributed by atoms with Crippen LogP contribution in [0.2, 0.25) is 0 Å². The smallest absolute Gasteiger partial charge is 0.260 e. The number of benzene rings is 3. The molecule has 2 amide bonds. The fraction of sp³-hybridized carbons (Fsp3) is 0.217. The molecule has 0 spiro atoms. The number of likely N-dealkylation sites (N-methyl/N-ethyl adjacent to an activating group) is 1. The van der Waals surface area contributed by atoms with E-state index in [0.717, 1.165) is 22.0 Å². The molecule has 5 heteroatoms. The highest BCUT2D eigenvalue weighted by Gasteiger charge is 2.36. The zero-order chi connectivity index (χ0) is 19.3. The standard InChI is InChI=1S/C23H21N3O2/c1-24-22(27)20-12-16-6-2-3-7-17(16)13-25(20)14-26-19-11-5-9-15-8-4-10-18(21(15)19)23(26)28/h2-11,20H,12-14H2,1H3,(H,24,27). The van der Waals surface area contributed by atoms with Crippen molar-refractivity contribution in [1.82, 2.24) is 10.2 Å². The highest BCUT2D eigenvalue weighted by molar-refractivity contribution is 6.25. The minimum atomic E-state index is -0.296. The van der Waals surface area contributed by atoms with Crippen LogP contribution in [0.4, 0.5) is 5.69 Å². The van der Waals surface area contributed by atoms with Gasteiger partial charge in [-0.3, -0.25) is 19.4 Å². The van der Waals surface area contributed by atoms with E-state index in [1.165, 1.54) is 11.1 Å². The first-order chi connectivity index (χ1) is 13.7. The first-order valence-electron chi connectivity index (χ1n) is 9.53. The molecule has 0 saturated carbocycles. The van der Waals surface area contributed by atoms with Crippen LogP contribution in [0.25, 0.3) is 10.8 Å². The maximum Gasteiger partial charge on any atom is 0.260 e. The summed E-state index contributed by atoms with van der Waals surface area (Å²) in [7, 11) is 1.67. The molecular weight excluding hydrogens is 350 g/mol. The van der Waals surface area contributed by atoms with Gasteiger partial charge in [-0.15, -0.1) is 0 Å². The van der Waals surface area contributed by atoms with Crippen molar-refractivity contribution in [3.8, 4) is 0 Å². The summed E-state index contributed by atoms with van der Waals surface area (Å²) in [6, 6.07) is 19.8. The normalized spacial score (nSPS) is 18.4. The molecule has 0 radical (unpaired) electrons. The average Bonchev–Trinajstić information content (AvgIpc) is 3.01. The Balaban J connectivity index is 1.52. The summed E-state index contributed by atoms with van der Waals surface area (Å²) in [5.41, 5.74) is 4.07. The molecule has 140 valence electrons. The van der Waals surface area contributed by atoms with Crippen LogP contribution in [0, 0.1) is 0 Å². The third-order valence-corrected chi connectivity index (χ3v) is 5.87. The van der Waals surface area contributed by atoms with Gasteiger partial charge in [0.25, 0.3) is 5.91 Å². The summed E-state index contributed by atoms with van der Waals surface area (Å²) in [5, 5.41) is 4.86. The van der Waals surface area contributed by atoms with Crippen LogP contribution in [-0.2, 0) is 17.8 Å². The van der Waals surface area contributed by atoms with Gasteiger partial charge in [-0.1, -0.05) is 48.5 Å². The lowest BCUT2D eigenvalue weighted by molar-refractivity contribution is -0.126. The maximum atomic E-state index is 13.1. The van der Waals surface area contributed by atoms with E-state index in [-0.39, 0.29) is 17.9 Å². The molecular formula is C23H21N3O2. The molecule has 0 fully saturated rings. The third kappa shape index (κ3) is 2.51. The summed E-state index contributed by atoms with van der Waals surface area (Å²) in [6.45, 7) is 1.03. The first kappa shape index (κ1) is 17.0. The van der Waals surface area contributed by atoms with Crippen molar-refractivity contribution < 1.29 is 9.59 Å². The summed E-state index contributed by atoms with van der Waals surface area (Å²) in [6.07, 6.45) is 0.648. The minimum absolute atomic E-state index is 0.00122. The SMILES string of the molecule is CNC(=O)C1Cc2ccccc2CN1CN1C(=O)c2cccc3cccc1c23. The zero-order valence-corrected chi connectivity index (χ0v) is 15.7. The lowest BCUT2D eigenvalue weighted by Crippen LogP contribution is -2.53. The number of carbonyl (C=O) groups is 2. The third-order valence-electron chi connectivity index (χ3n) is 5.87. The Labute approximate surface area is 163 Å². The monoisotopic (exact) mass is 371 g/mol. The summed E-state index contributed by atoms with van der Waals surface area (Å²) >= 11 is 0. The predicted molar refractivity (Wildman–Crippen MR) is 109 cm³/mol. The molecule has 1 unspecified atom stereocenters.